The molecule has 4 heteroatoms. The molecule has 0 aliphatic heterocycles. The van der Waals surface area contributed by atoms with E-state index in [-0.39, 0.29) is 5.91 Å². The number of fused-ring (bicyclic) bond motifs is 1. The second-order valence-corrected chi connectivity index (χ2v) is 6.61. The van der Waals surface area contributed by atoms with Gasteiger partial charge in [0.1, 0.15) is 5.82 Å². The summed E-state index contributed by atoms with van der Waals surface area (Å²) in [6, 6.07) is 18.2. The Bertz CT molecular complexity index is 896. The van der Waals surface area contributed by atoms with E-state index in [0.717, 1.165) is 49.1 Å². The predicted molar refractivity (Wildman–Crippen MR) is 111 cm³/mol. The molecule has 1 N–H and O–H groups in total. The molecule has 3 rings (SSSR count). The zero-order valence-corrected chi connectivity index (χ0v) is 15.9. The Kier molecular flexibility index (Phi) is 6.80. The lowest BCUT2D eigenvalue weighted by Crippen LogP contribution is -2.22. The lowest BCUT2D eigenvalue weighted by atomic mass is 10.2. The van der Waals surface area contributed by atoms with Crippen LogP contribution in [0, 0.1) is 0 Å². The maximum absolute atomic E-state index is 11.8. The van der Waals surface area contributed by atoms with E-state index in [1.165, 1.54) is 5.52 Å². The zero-order valence-electron chi connectivity index (χ0n) is 15.9. The first-order valence-corrected chi connectivity index (χ1v) is 9.73. The van der Waals surface area contributed by atoms with Crippen LogP contribution in [0.2, 0.25) is 0 Å². The summed E-state index contributed by atoms with van der Waals surface area (Å²) in [4.78, 5) is 16.6. The third-order valence-corrected chi connectivity index (χ3v) is 4.65. The highest BCUT2D eigenvalue weighted by atomic mass is 16.1. The van der Waals surface area contributed by atoms with Crippen LogP contribution in [-0.4, -0.2) is 22.0 Å². The summed E-state index contributed by atoms with van der Waals surface area (Å²) in [5.41, 5.74) is 3.32. The second-order valence-electron chi connectivity index (χ2n) is 6.61. The summed E-state index contributed by atoms with van der Waals surface area (Å²) in [6.45, 7) is 3.82. The molecule has 27 heavy (non-hydrogen) atoms. The monoisotopic (exact) mass is 361 g/mol. The molecule has 0 fully saturated rings. The number of hydrogen-bond acceptors (Lipinski definition) is 2. The molecule has 140 valence electrons. The minimum absolute atomic E-state index is 0.0355. The van der Waals surface area contributed by atoms with E-state index < -0.39 is 0 Å². The van der Waals surface area contributed by atoms with Gasteiger partial charge in [0.05, 0.1) is 11.0 Å². The summed E-state index contributed by atoms with van der Waals surface area (Å²) < 4.78 is 2.30. The number of carbonyl (C=O) groups excluding carboxylic acids is 1. The first-order valence-electron chi connectivity index (χ1n) is 9.73. The molecule has 0 spiro atoms. The molecule has 1 amide bonds. The van der Waals surface area contributed by atoms with Crippen molar-refractivity contribution < 1.29 is 4.79 Å². The van der Waals surface area contributed by atoms with Gasteiger partial charge in [0.25, 0.3) is 0 Å². The standard InChI is InChI=1S/C23H27N3O/c1-2-26-21-14-9-8-13-20(21)25-22(26)15-7-4-10-18-24-23(27)17-16-19-11-5-3-6-12-19/h3,5-6,8-9,11-14,16-17H,2,4,7,10,15,18H2,1H3,(H,24,27)/b17-16+. The number of imidazole rings is 1. The Morgan fingerprint density at radius 2 is 1.81 bits per heavy atom. The topological polar surface area (TPSA) is 46.9 Å². The highest BCUT2D eigenvalue weighted by molar-refractivity contribution is 5.91. The minimum Gasteiger partial charge on any atom is -0.353 e. The largest absolute Gasteiger partial charge is 0.353 e. The molecule has 0 aliphatic rings. The third-order valence-electron chi connectivity index (χ3n) is 4.65. The Labute approximate surface area is 160 Å². The fraction of sp³-hybridized carbons (Fsp3) is 0.304. The number of rotatable bonds is 9. The summed E-state index contributed by atoms with van der Waals surface area (Å²) in [7, 11) is 0. The van der Waals surface area contributed by atoms with Crippen LogP contribution < -0.4 is 5.32 Å². The molecule has 4 nitrogen and oxygen atoms in total. The van der Waals surface area contributed by atoms with E-state index in [9.17, 15) is 4.79 Å². The number of hydrogen-bond donors (Lipinski definition) is 1. The molecule has 0 saturated carbocycles. The summed E-state index contributed by atoms with van der Waals surface area (Å²) in [6.07, 6.45) is 7.56. The number of unbranched alkanes of at least 4 members (excludes halogenated alkanes) is 2. The average Bonchev–Trinajstić information content (AvgIpc) is 3.07. The summed E-state index contributed by atoms with van der Waals surface area (Å²) in [5, 5.41) is 2.95. The van der Waals surface area contributed by atoms with Crippen LogP contribution in [0.1, 0.15) is 37.6 Å². The van der Waals surface area contributed by atoms with Gasteiger partial charge in [-0.2, -0.15) is 0 Å². The zero-order chi connectivity index (χ0) is 18.9. The molecule has 0 atom stereocenters. The van der Waals surface area contributed by atoms with Gasteiger partial charge in [0, 0.05) is 25.6 Å². The predicted octanol–water partition coefficient (Wildman–Crippen LogP) is 4.60. The van der Waals surface area contributed by atoms with Crippen molar-refractivity contribution >= 4 is 23.0 Å². The van der Waals surface area contributed by atoms with Crippen LogP contribution in [0.3, 0.4) is 0 Å². The van der Waals surface area contributed by atoms with E-state index in [2.05, 4.69) is 35.0 Å². The summed E-state index contributed by atoms with van der Waals surface area (Å²) >= 11 is 0. The van der Waals surface area contributed by atoms with Gasteiger partial charge in [-0.1, -0.05) is 48.9 Å². The van der Waals surface area contributed by atoms with Gasteiger partial charge < -0.3 is 9.88 Å². The molecule has 0 saturated heterocycles. The maximum atomic E-state index is 11.8. The molecule has 3 aromatic rings. The second kappa shape index (κ2) is 9.72. The lowest BCUT2D eigenvalue weighted by molar-refractivity contribution is -0.116. The van der Waals surface area contributed by atoms with Gasteiger partial charge in [-0.25, -0.2) is 4.98 Å². The quantitative estimate of drug-likeness (QED) is 0.447. The highest BCUT2D eigenvalue weighted by Crippen LogP contribution is 2.17. The number of nitrogens with zero attached hydrogens (tertiary/aromatic N) is 2. The van der Waals surface area contributed by atoms with E-state index in [1.807, 2.05) is 42.5 Å². The van der Waals surface area contributed by atoms with E-state index in [0.29, 0.717) is 6.54 Å². The Balaban J connectivity index is 1.37. The van der Waals surface area contributed by atoms with Gasteiger partial charge in [-0.3, -0.25) is 4.79 Å². The van der Waals surface area contributed by atoms with Crippen molar-refractivity contribution in [1.82, 2.24) is 14.9 Å². The van der Waals surface area contributed by atoms with Gasteiger partial charge >= 0.3 is 0 Å². The third kappa shape index (κ3) is 5.30. The van der Waals surface area contributed by atoms with Crippen molar-refractivity contribution in [2.75, 3.05) is 6.54 Å². The number of benzene rings is 2. The van der Waals surface area contributed by atoms with E-state index in [1.54, 1.807) is 6.08 Å². The van der Waals surface area contributed by atoms with Crippen LogP contribution in [0.4, 0.5) is 0 Å². The number of nitrogens with one attached hydrogen (secondary N) is 1. The molecular formula is C23H27N3O. The first-order chi connectivity index (χ1) is 13.3. The van der Waals surface area contributed by atoms with E-state index >= 15 is 0 Å². The van der Waals surface area contributed by atoms with Crippen molar-refractivity contribution in [3.05, 3.63) is 72.1 Å². The fourth-order valence-corrected chi connectivity index (χ4v) is 3.26. The van der Waals surface area contributed by atoms with Crippen molar-refractivity contribution in [1.29, 1.82) is 0 Å². The Morgan fingerprint density at radius 3 is 2.63 bits per heavy atom. The highest BCUT2D eigenvalue weighted by Gasteiger charge is 2.08. The van der Waals surface area contributed by atoms with Crippen molar-refractivity contribution in [2.45, 2.75) is 39.2 Å². The van der Waals surface area contributed by atoms with Crippen LogP contribution >= 0.6 is 0 Å². The Morgan fingerprint density at radius 1 is 1.04 bits per heavy atom. The van der Waals surface area contributed by atoms with E-state index in [4.69, 9.17) is 4.98 Å². The van der Waals surface area contributed by atoms with Gasteiger partial charge in [-0.05, 0) is 43.5 Å². The summed E-state index contributed by atoms with van der Waals surface area (Å²) in [5.74, 6) is 1.13. The van der Waals surface area contributed by atoms with Crippen molar-refractivity contribution in [3.8, 4) is 0 Å². The van der Waals surface area contributed by atoms with Crippen LogP contribution in [-0.2, 0) is 17.8 Å². The fourth-order valence-electron chi connectivity index (χ4n) is 3.26. The first kappa shape index (κ1) is 18.9. The number of carbonyl (C=O) groups is 1. The number of para-hydroxylation sites is 2. The normalized spacial score (nSPS) is 11.3. The number of aryl methyl sites for hydroxylation is 2. The molecular weight excluding hydrogens is 334 g/mol. The van der Waals surface area contributed by atoms with Crippen molar-refractivity contribution in [3.63, 3.8) is 0 Å². The molecule has 0 bridgehead atoms. The molecule has 1 heterocycles. The Hall–Kier alpha value is -2.88. The molecule has 0 aliphatic carbocycles. The minimum atomic E-state index is -0.0355. The van der Waals surface area contributed by atoms with Crippen LogP contribution in [0.25, 0.3) is 17.1 Å². The van der Waals surface area contributed by atoms with Gasteiger partial charge in [-0.15, -0.1) is 0 Å². The number of aromatic nitrogens is 2. The van der Waals surface area contributed by atoms with Gasteiger partial charge in [0.2, 0.25) is 5.91 Å². The lowest BCUT2D eigenvalue weighted by Gasteiger charge is -2.06. The molecule has 0 unspecified atom stereocenters. The average molecular weight is 361 g/mol. The molecule has 0 radical (unpaired) electrons. The maximum Gasteiger partial charge on any atom is 0.243 e. The van der Waals surface area contributed by atoms with Crippen LogP contribution in [0.5, 0.6) is 0 Å². The molecule has 2 aromatic carbocycles. The van der Waals surface area contributed by atoms with Crippen molar-refractivity contribution in [2.24, 2.45) is 0 Å². The SMILES string of the molecule is CCn1c(CCCCCNC(=O)/C=C/c2ccccc2)nc2ccccc21. The van der Waals surface area contributed by atoms with Crippen LogP contribution in [0.15, 0.2) is 60.7 Å². The molecule has 1 aromatic heterocycles. The smallest absolute Gasteiger partial charge is 0.243 e. The van der Waals surface area contributed by atoms with Gasteiger partial charge in [0.15, 0.2) is 0 Å². The number of amides is 1.